The predicted octanol–water partition coefficient (Wildman–Crippen LogP) is 2.28. The van der Waals surface area contributed by atoms with Crippen LogP contribution in [0.15, 0.2) is 53.8 Å². The van der Waals surface area contributed by atoms with E-state index in [0.717, 1.165) is 6.07 Å². The van der Waals surface area contributed by atoms with Crippen molar-refractivity contribution >= 4 is 11.5 Å². The van der Waals surface area contributed by atoms with E-state index < -0.39 is 11.7 Å². The van der Waals surface area contributed by atoms with Crippen LogP contribution in [0.3, 0.4) is 0 Å². The monoisotopic (exact) mass is 244 g/mol. The third-order valence-electron chi connectivity index (χ3n) is 2.35. The summed E-state index contributed by atoms with van der Waals surface area (Å²) in [4.78, 5) is 15.4. The molecular weight excluding hydrogens is 235 g/mol. The van der Waals surface area contributed by atoms with E-state index in [0.29, 0.717) is 5.56 Å². The second kappa shape index (κ2) is 5.18. The second-order valence-corrected chi connectivity index (χ2v) is 3.51. The van der Waals surface area contributed by atoms with Crippen molar-refractivity contribution in [2.75, 3.05) is 0 Å². The summed E-state index contributed by atoms with van der Waals surface area (Å²) < 4.78 is 13.0. The summed E-state index contributed by atoms with van der Waals surface area (Å²) in [7, 11) is 0. The normalized spacial score (nSPS) is 11.3. The minimum Gasteiger partial charge on any atom is -0.410 e. The molecule has 0 fully saturated rings. The molecule has 5 heteroatoms. The van der Waals surface area contributed by atoms with E-state index in [2.05, 4.69) is 10.1 Å². The van der Waals surface area contributed by atoms with Crippen LogP contribution in [0.4, 0.5) is 4.39 Å². The minimum absolute atomic E-state index is 0.179. The maximum Gasteiger partial charge on any atom is 0.215 e. The maximum absolute atomic E-state index is 13.0. The summed E-state index contributed by atoms with van der Waals surface area (Å²) in [6.07, 6.45) is 1.20. The van der Waals surface area contributed by atoms with E-state index in [1.807, 2.05) is 0 Å². The first kappa shape index (κ1) is 11.9. The van der Waals surface area contributed by atoms with Crippen molar-refractivity contribution in [1.29, 1.82) is 0 Å². The lowest BCUT2D eigenvalue weighted by Gasteiger charge is -2.03. The molecule has 2 aromatic rings. The molecule has 2 rings (SSSR count). The lowest BCUT2D eigenvalue weighted by molar-refractivity contribution is 0.106. The van der Waals surface area contributed by atoms with Gasteiger partial charge in [-0.2, -0.15) is 4.39 Å². The van der Waals surface area contributed by atoms with Crippen LogP contribution >= 0.6 is 0 Å². The van der Waals surface area contributed by atoms with Gasteiger partial charge in [0.15, 0.2) is 5.71 Å². The van der Waals surface area contributed by atoms with E-state index in [9.17, 15) is 9.18 Å². The second-order valence-electron chi connectivity index (χ2n) is 3.51. The number of carbonyl (C=O) groups is 1. The van der Waals surface area contributed by atoms with Gasteiger partial charge in [0.25, 0.3) is 0 Å². The Morgan fingerprint density at radius 2 is 1.89 bits per heavy atom. The molecule has 0 spiro atoms. The molecule has 0 saturated heterocycles. The van der Waals surface area contributed by atoms with Gasteiger partial charge >= 0.3 is 0 Å². The topological polar surface area (TPSA) is 62.5 Å². The first-order chi connectivity index (χ1) is 8.72. The van der Waals surface area contributed by atoms with Crippen molar-refractivity contribution in [2.45, 2.75) is 0 Å². The van der Waals surface area contributed by atoms with Crippen molar-refractivity contribution in [1.82, 2.24) is 4.98 Å². The number of aromatic nitrogens is 1. The first-order valence-electron chi connectivity index (χ1n) is 5.16. The van der Waals surface area contributed by atoms with E-state index >= 15 is 0 Å². The lowest BCUT2D eigenvalue weighted by Crippen LogP contribution is -2.16. The molecule has 0 unspecified atom stereocenters. The molecule has 0 bridgehead atoms. The number of Topliss-reactive ketones (excluding diaryl/α,β-unsaturated/α-hetero) is 1. The van der Waals surface area contributed by atoms with Crippen LogP contribution < -0.4 is 0 Å². The van der Waals surface area contributed by atoms with Crippen LogP contribution in [0.25, 0.3) is 0 Å². The Balaban J connectivity index is 2.39. The van der Waals surface area contributed by atoms with Gasteiger partial charge in [-0.3, -0.25) is 4.79 Å². The van der Waals surface area contributed by atoms with Crippen LogP contribution in [0, 0.1) is 5.95 Å². The number of hydrogen-bond acceptors (Lipinski definition) is 4. The van der Waals surface area contributed by atoms with Crippen molar-refractivity contribution in [3.63, 3.8) is 0 Å². The molecule has 90 valence electrons. The van der Waals surface area contributed by atoms with Gasteiger partial charge in [-0.25, -0.2) is 4.98 Å². The third kappa shape index (κ3) is 2.40. The Morgan fingerprint density at radius 3 is 2.50 bits per heavy atom. The van der Waals surface area contributed by atoms with Gasteiger partial charge in [0.1, 0.15) is 0 Å². The van der Waals surface area contributed by atoms with E-state index in [-0.39, 0.29) is 11.3 Å². The SMILES string of the molecule is O=C(/C(=N/O)c1ccnc(F)c1)c1ccccc1. The molecule has 0 aliphatic heterocycles. The summed E-state index contributed by atoms with van der Waals surface area (Å²) in [5, 5.41) is 11.9. The Labute approximate surface area is 102 Å². The number of rotatable bonds is 3. The van der Waals surface area contributed by atoms with Crippen LogP contribution in [-0.4, -0.2) is 21.7 Å². The zero-order chi connectivity index (χ0) is 13.0. The highest BCUT2D eigenvalue weighted by atomic mass is 19.1. The standard InChI is InChI=1S/C13H9FN2O2/c14-11-8-10(6-7-15-11)12(16-18)13(17)9-4-2-1-3-5-9/h1-8,18H/b16-12+. The summed E-state index contributed by atoms with van der Waals surface area (Å²) >= 11 is 0. The number of hydrogen-bond donors (Lipinski definition) is 1. The summed E-state index contributed by atoms with van der Waals surface area (Å²) in [5.41, 5.74) is 0.323. The third-order valence-corrected chi connectivity index (χ3v) is 2.35. The molecule has 0 aliphatic carbocycles. The summed E-state index contributed by atoms with van der Waals surface area (Å²) in [5.74, 6) is -1.22. The predicted molar refractivity (Wildman–Crippen MR) is 63.3 cm³/mol. The highest BCUT2D eigenvalue weighted by Gasteiger charge is 2.17. The Bertz CT molecular complexity index is 597. The van der Waals surface area contributed by atoms with Crippen LogP contribution in [0.2, 0.25) is 0 Å². The number of halogens is 1. The number of benzene rings is 1. The Hall–Kier alpha value is -2.56. The van der Waals surface area contributed by atoms with E-state index in [4.69, 9.17) is 5.21 Å². The number of carbonyl (C=O) groups excluding carboxylic acids is 1. The maximum atomic E-state index is 13.0. The molecule has 0 radical (unpaired) electrons. The highest BCUT2D eigenvalue weighted by molar-refractivity contribution is 6.51. The smallest absolute Gasteiger partial charge is 0.215 e. The van der Waals surface area contributed by atoms with Crippen LogP contribution in [0.1, 0.15) is 15.9 Å². The van der Waals surface area contributed by atoms with Gasteiger partial charge in [-0.05, 0) is 6.07 Å². The van der Waals surface area contributed by atoms with E-state index in [1.54, 1.807) is 30.3 Å². The number of nitrogens with zero attached hydrogens (tertiary/aromatic N) is 2. The average Bonchev–Trinajstić information content (AvgIpc) is 2.40. The number of ketones is 1. The fourth-order valence-electron chi connectivity index (χ4n) is 1.51. The van der Waals surface area contributed by atoms with Crippen molar-refractivity contribution < 1.29 is 14.4 Å². The van der Waals surface area contributed by atoms with Gasteiger partial charge in [0.2, 0.25) is 11.7 Å². The fourth-order valence-corrected chi connectivity index (χ4v) is 1.51. The zero-order valence-corrected chi connectivity index (χ0v) is 9.25. The van der Waals surface area contributed by atoms with Crippen molar-refractivity contribution in [3.05, 3.63) is 65.7 Å². The van der Waals surface area contributed by atoms with Gasteiger partial charge in [0.05, 0.1) is 0 Å². The largest absolute Gasteiger partial charge is 0.410 e. The molecule has 1 aromatic carbocycles. The molecule has 1 N–H and O–H groups in total. The fraction of sp³-hybridized carbons (Fsp3) is 0. The molecule has 1 heterocycles. The molecule has 0 atom stereocenters. The minimum atomic E-state index is -0.741. The Morgan fingerprint density at radius 1 is 1.17 bits per heavy atom. The quantitative estimate of drug-likeness (QED) is 0.296. The molecule has 0 amide bonds. The molecule has 1 aromatic heterocycles. The number of oxime groups is 1. The molecule has 4 nitrogen and oxygen atoms in total. The zero-order valence-electron chi connectivity index (χ0n) is 9.25. The van der Waals surface area contributed by atoms with Gasteiger partial charge in [-0.15, -0.1) is 0 Å². The van der Waals surface area contributed by atoms with Crippen molar-refractivity contribution in [2.24, 2.45) is 5.16 Å². The Kier molecular flexibility index (Phi) is 3.43. The molecular formula is C13H9FN2O2. The van der Waals surface area contributed by atoms with Gasteiger partial charge in [-0.1, -0.05) is 35.5 Å². The van der Waals surface area contributed by atoms with Crippen LogP contribution in [0.5, 0.6) is 0 Å². The van der Waals surface area contributed by atoms with E-state index in [1.165, 1.54) is 12.3 Å². The number of pyridine rings is 1. The van der Waals surface area contributed by atoms with Crippen molar-refractivity contribution in [3.8, 4) is 0 Å². The molecule has 0 saturated carbocycles. The van der Waals surface area contributed by atoms with Gasteiger partial charge < -0.3 is 5.21 Å². The van der Waals surface area contributed by atoms with Crippen LogP contribution in [-0.2, 0) is 0 Å². The molecule has 18 heavy (non-hydrogen) atoms. The highest BCUT2D eigenvalue weighted by Crippen LogP contribution is 2.09. The van der Waals surface area contributed by atoms with Gasteiger partial charge in [0, 0.05) is 23.4 Å². The first-order valence-corrected chi connectivity index (χ1v) is 5.16. The average molecular weight is 244 g/mol. The summed E-state index contributed by atoms with van der Waals surface area (Å²) in [6.45, 7) is 0. The summed E-state index contributed by atoms with van der Waals surface area (Å²) in [6, 6.07) is 10.8. The molecule has 0 aliphatic rings. The lowest BCUT2D eigenvalue weighted by atomic mass is 10.0.